The molecule has 3 N–H and O–H groups in total. The molecule has 62 valence electrons. The van der Waals surface area contributed by atoms with Crippen molar-refractivity contribution in [1.82, 2.24) is 4.72 Å². The van der Waals surface area contributed by atoms with Gasteiger partial charge in [0.2, 0.25) is 0 Å². The molecule has 5 heteroatoms. The van der Waals surface area contributed by atoms with E-state index in [1.54, 1.807) is 0 Å². The Morgan fingerprint density at radius 2 is 1.91 bits per heavy atom. The molecule has 0 aromatic rings. The zero-order chi connectivity index (χ0) is 8.43. The van der Waals surface area contributed by atoms with Gasteiger partial charge in [-0.25, -0.2) is 0 Å². The summed E-state index contributed by atoms with van der Waals surface area (Å²) in [6, 6.07) is -0.00965. The molecule has 0 saturated carbocycles. The zero-order valence-corrected chi connectivity index (χ0v) is 9.66. The van der Waals surface area contributed by atoms with Gasteiger partial charge < -0.3 is 5.73 Å². The van der Waals surface area contributed by atoms with Crippen LogP contribution in [0.2, 0.25) is 0 Å². The molecule has 1 aliphatic rings. The Hall–Kier alpha value is 0.710. The van der Waals surface area contributed by atoms with Crippen LogP contribution in [0, 0.1) is 0 Å². The minimum Gasteiger partial charge on any atom is -0.322 e. The summed E-state index contributed by atoms with van der Waals surface area (Å²) in [5, 5.41) is 0. The van der Waals surface area contributed by atoms with E-state index in [0.29, 0.717) is 0 Å². The first kappa shape index (κ1) is 9.80. The molecule has 11 heavy (non-hydrogen) atoms. The second-order valence-electron chi connectivity index (χ2n) is 2.24. The number of hydrogen-bond donors (Lipinski definition) is 3. The van der Waals surface area contributed by atoms with Crippen molar-refractivity contribution >= 4 is 44.7 Å². The molecule has 0 saturated heterocycles. The molecule has 0 fully saturated rings. The van der Waals surface area contributed by atoms with Gasteiger partial charge in [0.1, 0.15) is 0 Å². The van der Waals surface area contributed by atoms with E-state index >= 15 is 0 Å². The van der Waals surface area contributed by atoms with E-state index in [9.17, 15) is 0 Å². The first-order valence-electron chi connectivity index (χ1n) is 3.04. The molecule has 0 bridgehead atoms. The molecule has 0 aromatic carbocycles. The molecule has 2 unspecified atom stereocenters. The number of halogens is 2. The van der Waals surface area contributed by atoms with E-state index in [2.05, 4.69) is 49.4 Å². The standard InChI is InChI=1S/C6H8Br2N2S/c7-3-1-2-4(8)6(10-11)5(3)9/h1-2,5-6,10-11H,9H2. The van der Waals surface area contributed by atoms with Crippen molar-refractivity contribution < 1.29 is 0 Å². The van der Waals surface area contributed by atoms with Crippen molar-refractivity contribution in [3.8, 4) is 0 Å². The minimum atomic E-state index is -0.0631. The van der Waals surface area contributed by atoms with Crippen molar-refractivity contribution in [1.29, 1.82) is 0 Å². The summed E-state index contributed by atoms with van der Waals surface area (Å²) < 4.78 is 4.81. The van der Waals surface area contributed by atoms with Crippen LogP contribution in [0.15, 0.2) is 21.1 Å². The first-order valence-corrected chi connectivity index (χ1v) is 5.08. The van der Waals surface area contributed by atoms with Crippen LogP contribution in [0.1, 0.15) is 0 Å². The molecular formula is C6H8Br2N2S. The van der Waals surface area contributed by atoms with E-state index in [1.807, 2.05) is 12.2 Å². The van der Waals surface area contributed by atoms with Crippen LogP contribution in [-0.4, -0.2) is 12.1 Å². The molecule has 1 rings (SSSR count). The number of thiol groups is 1. The fraction of sp³-hybridized carbons (Fsp3) is 0.333. The fourth-order valence-corrected chi connectivity index (χ4v) is 2.25. The predicted octanol–water partition coefficient (Wildman–Crippen LogP) is 1.69. The lowest BCUT2D eigenvalue weighted by Gasteiger charge is -2.25. The third-order valence-electron chi connectivity index (χ3n) is 1.52. The van der Waals surface area contributed by atoms with Crippen LogP contribution in [0.3, 0.4) is 0 Å². The predicted molar refractivity (Wildman–Crippen MR) is 57.9 cm³/mol. The SMILES string of the molecule is NC1C(Br)=CC=C(Br)C1NS. The van der Waals surface area contributed by atoms with Gasteiger partial charge in [0.05, 0.1) is 12.1 Å². The normalized spacial score (nSPS) is 31.3. The van der Waals surface area contributed by atoms with Crippen LogP contribution in [0.4, 0.5) is 0 Å². The van der Waals surface area contributed by atoms with Gasteiger partial charge in [-0.15, -0.1) is 0 Å². The van der Waals surface area contributed by atoms with Crippen molar-refractivity contribution in [2.45, 2.75) is 12.1 Å². The number of hydrogen-bond acceptors (Lipinski definition) is 3. The maximum absolute atomic E-state index is 5.83. The summed E-state index contributed by atoms with van der Waals surface area (Å²) in [6.07, 6.45) is 3.87. The molecule has 1 aliphatic carbocycles. The van der Waals surface area contributed by atoms with Gasteiger partial charge in [-0.2, -0.15) is 0 Å². The largest absolute Gasteiger partial charge is 0.322 e. The monoisotopic (exact) mass is 298 g/mol. The summed E-state index contributed by atoms with van der Waals surface area (Å²) in [6.45, 7) is 0. The smallest absolute Gasteiger partial charge is 0.0682 e. The molecule has 0 radical (unpaired) electrons. The van der Waals surface area contributed by atoms with Crippen LogP contribution in [-0.2, 0) is 0 Å². The average Bonchev–Trinajstić information content (AvgIpc) is 1.99. The second-order valence-corrected chi connectivity index (χ2v) is 4.33. The maximum Gasteiger partial charge on any atom is 0.0682 e. The third-order valence-corrected chi connectivity index (χ3v) is 3.34. The highest BCUT2D eigenvalue weighted by molar-refractivity contribution is 9.12. The Labute approximate surface area is 88.1 Å². The lowest BCUT2D eigenvalue weighted by molar-refractivity contribution is 0.653. The Balaban J connectivity index is 2.84. The van der Waals surface area contributed by atoms with Crippen molar-refractivity contribution in [2.24, 2.45) is 5.73 Å². The lowest BCUT2D eigenvalue weighted by atomic mass is 10.1. The average molecular weight is 300 g/mol. The Bertz CT molecular complexity index is 215. The number of allylic oxidation sites excluding steroid dienone is 2. The Morgan fingerprint density at radius 3 is 2.36 bits per heavy atom. The topological polar surface area (TPSA) is 38.0 Å². The van der Waals surface area contributed by atoms with Crippen molar-refractivity contribution in [3.63, 3.8) is 0 Å². The number of rotatable bonds is 1. The highest BCUT2D eigenvalue weighted by atomic mass is 79.9. The van der Waals surface area contributed by atoms with Gasteiger partial charge in [0.15, 0.2) is 0 Å². The van der Waals surface area contributed by atoms with Crippen LogP contribution < -0.4 is 10.5 Å². The van der Waals surface area contributed by atoms with E-state index in [1.165, 1.54) is 0 Å². The summed E-state index contributed by atoms with van der Waals surface area (Å²) in [4.78, 5) is 0. The molecule has 0 amide bonds. The minimum absolute atomic E-state index is 0.0534. The van der Waals surface area contributed by atoms with E-state index in [-0.39, 0.29) is 12.1 Å². The summed E-state index contributed by atoms with van der Waals surface area (Å²) in [5.41, 5.74) is 5.83. The van der Waals surface area contributed by atoms with Crippen molar-refractivity contribution in [3.05, 3.63) is 21.1 Å². The highest BCUT2D eigenvalue weighted by Crippen LogP contribution is 2.25. The number of nitrogens with two attached hydrogens (primary N) is 1. The zero-order valence-electron chi connectivity index (χ0n) is 5.59. The summed E-state index contributed by atoms with van der Waals surface area (Å²) in [5.74, 6) is 0. The summed E-state index contributed by atoms with van der Waals surface area (Å²) >= 11 is 10.7. The third kappa shape index (κ3) is 2.09. The van der Waals surface area contributed by atoms with Gasteiger partial charge in [-0.05, 0) is 12.2 Å². The molecule has 0 heterocycles. The van der Waals surface area contributed by atoms with E-state index in [4.69, 9.17) is 5.73 Å². The van der Waals surface area contributed by atoms with Crippen LogP contribution >= 0.6 is 44.7 Å². The molecule has 2 atom stereocenters. The van der Waals surface area contributed by atoms with E-state index < -0.39 is 0 Å². The first-order chi connectivity index (χ1) is 5.16. The van der Waals surface area contributed by atoms with Gasteiger partial charge in [-0.3, -0.25) is 4.72 Å². The Kier molecular flexibility index (Phi) is 3.64. The maximum atomic E-state index is 5.83. The Morgan fingerprint density at radius 1 is 1.36 bits per heavy atom. The molecule has 0 aromatic heterocycles. The van der Waals surface area contributed by atoms with E-state index in [0.717, 1.165) is 8.96 Å². The van der Waals surface area contributed by atoms with Crippen LogP contribution in [0.5, 0.6) is 0 Å². The molecule has 0 aliphatic heterocycles. The fourth-order valence-electron chi connectivity index (χ4n) is 0.847. The highest BCUT2D eigenvalue weighted by Gasteiger charge is 2.23. The second kappa shape index (κ2) is 4.09. The van der Waals surface area contributed by atoms with Crippen LogP contribution in [0.25, 0.3) is 0 Å². The summed E-state index contributed by atoms with van der Waals surface area (Å²) in [7, 11) is 0. The van der Waals surface area contributed by atoms with Gasteiger partial charge in [-0.1, -0.05) is 44.7 Å². The van der Waals surface area contributed by atoms with Gasteiger partial charge in [0.25, 0.3) is 0 Å². The number of nitrogens with one attached hydrogen (secondary N) is 1. The molecule has 2 nitrogen and oxygen atoms in total. The quantitative estimate of drug-likeness (QED) is 0.645. The van der Waals surface area contributed by atoms with Gasteiger partial charge in [0, 0.05) is 8.96 Å². The molecule has 0 spiro atoms. The molecular weight excluding hydrogens is 292 g/mol. The van der Waals surface area contributed by atoms with Crippen molar-refractivity contribution in [2.75, 3.05) is 0 Å². The van der Waals surface area contributed by atoms with Gasteiger partial charge >= 0.3 is 0 Å². The lowest BCUT2D eigenvalue weighted by Crippen LogP contribution is -2.43.